The van der Waals surface area contributed by atoms with Gasteiger partial charge in [0.1, 0.15) is 6.54 Å². The number of para-hydroxylation sites is 1. The van der Waals surface area contributed by atoms with Crippen LogP contribution in [0.3, 0.4) is 0 Å². The van der Waals surface area contributed by atoms with Gasteiger partial charge in [0.05, 0.1) is 23.5 Å². The van der Waals surface area contributed by atoms with Gasteiger partial charge in [-0.2, -0.15) is 5.26 Å². The standard InChI is InChI=1S/C17H12ClN3O2/c18-13-7-5-12(6-8-13)11-21-16(22)14-3-1-2-4-15(14)20(10-9-19)17(21)23/h1-8H,10-11H2. The van der Waals surface area contributed by atoms with Gasteiger partial charge in [-0.05, 0) is 29.8 Å². The summed E-state index contributed by atoms with van der Waals surface area (Å²) in [5.41, 5.74) is 0.392. The average Bonchev–Trinajstić information content (AvgIpc) is 2.57. The Bertz CT molecular complexity index is 1030. The molecule has 23 heavy (non-hydrogen) atoms. The zero-order valence-electron chi connectivity index (χ0n) is 12.1. The van der Waals surface area contributed by atoms with Crippen molar-refractivity contribution in [3.8, 4) is 6.07 Å². The summed E-state index contributed by atoms with van der Waals surface area (Å²) in [6.45, 7) is 0.0192. The molecule has 0 saturated carbocycles. The first kappa shape index (κ1) is 15.1. The number of hydrogen-bond acceptors (Lipinski definition) is 3. The van der Waals surface area contributed by atoms with Crippen molar-refractivity contribution in [3.05, 3.63) is 80.0 Å². The molecule has 0 aliphatic rings. The molecule has 0 fully saturated rings. The molecule has 1 heterocycles. The second kappa shape index (κ2) is 6.11. The molecule has 3 rings (SSSR count). The number of halogens is 1. The van der Waals surface area contributed by atoms with E-state index in [9.17, 15) is 9.59 Å². The highest BCUT2D eigenvalue weighted by Gasteiger charge is 2.12. The maximum atomic E-state index is 12.6. The van der Waals surface area contributed by atoms with Crippen molar-refractivity contribution in [2.24, 2.45) is 0 Å². The first-order chi connectivity index (χ1) is 11.1. The summed E-state index contributed by atoms with van der Waals surface area (Å²) in [7, 11) is 0. The van der Waals surface area contributed by atoms with Crippen molar-refractivity contribution in [1.82, 2.24) is 9.13 Å². The lowest BCUT2D eigenvalue weighted by molar-refractivity contribution is 0.643. The predicted octanol–water partition coefficient (Wildman–Crippen LogP) is 2.39. The Hall–Kier alpha value is -2.84. The first-order valence-corrected chi connectivity index (χ1v) is 7.33. The Balaban J connectivity index is 2.24. The zero-order chi connectivity index (χ0) is 16.4. The van der Waals surface area contributed by atoms with E-state index in [1.165, 1.54) is 4.57 Å². The fourth-order valence-corrected chi connectivity index (χ4v) is 2.63. The van der Waals surface area contributed by atoms with Crippen molar-refractivity contribution in [1.29, 1.82) is 5.26 Å². The number of aromatic nitrogens is 2. The third-order valence-corrected chi connectivity index (χ3v) is 3.87. The molecule has 5 nitrogen and oxygen atoms in total. The minimum Gasteiger partial charge on any atom is -0.279 e. The molecule has 0 saturated heterocycles. The van der Waals surface area contributed by atoms with E-state index in [0.29, 0.717) is 15.9 Å². The molecular weight excluding hydrogens is 314 g/mol. The Morgan fingerprint density at radius 1 is 1.00 bits per heavy atom. The van der Waals surface area contributed by atoms with Crippen molar-refractivity contribution in [2.75, 3.05) is 0 Å². The third-order valence-electron chi connectivity index (χ3n) is 3.61. The van der Waals surface area contributed by atoms with Crippen LogP contribution in [-0.2, 0) is 13.1 Å². The molecular formula is C17H12ClN3O2. The van der Waals surface area contributed by atoms with Crippen molar-refractivity contribution < 1.29 is 0 Å². The Kier molecular flexibility index (Phi) is 4.00. The van der Waals surface area contributed by atoms with Crippen LogP contribution < -0.4 is 11.2 Å². The van der Waals surface area contributed by atoms with Crippen molar-refractivity contribution >= 4 is 22.5 Å². The highest BCUT2D eigenvalue weighted by Crippen LogP contribution is 2.11. The Labute approximate surface area is 136 Å². The quantitative estimate of drug-likeness (QED) is 0.742. The summed E-state index contributed by atoms with van der Waals surface area (Å²) in [5.74, 6) is 0. The van der Waals surface area contributed by atoms with Crippen molar-refractivity contribution in [2.45, 2.75) is 13.1 Å². The summed E-state index contributed by atoms with van der Waals surface area (Å²) in [5, 5.41) is 9.97. The van der Waals surface area contributed by atoms with E-state index in [1.54, 1.807) is 48.5 Å². The second-order valence-electron chi connectivity index (χ2n) is 5.06. The lowest BCUT2D eigenvalue weighted by atomic mass is 10.2. The normalized spacial score (nSPS) is 10.6. The third kappa shape index (κ3) is 2.77. The van der Waals surface area contributed by atoms with E-state index in [4.69, 9.17) is 16.9 Å². The second-order valence-corrected chi connectivity index (χ2v) is 5.50. The van der Waals surface area contributed by atoms with Crippen LogP contribution in [0.25, 0.3) is 10.9 Å². The molecule has 0 aliphatic heterocycles. The first-order valence-electron chi connectivity index (χ1n) is 6.95. The SMILES string of the molecule is N#CCn1c(=O)n(Cc2ccc(Cl)cc2)c(=O)c2ccccc21. The molecule has 1 aromatic heterocycles. The van der Waals surface area contributed by atoms with Gasteiger partial charge in [-0.3, -0.25) is 13.9 Å². The summed E-state index contributed by atoms with van der Waals surface area (Å²) in [6, 6.07) is 15.7. The maximum absolute atomic E-state index is 12.6. The number of fused-ring (bicyclic) bond motifs is 1. The van der Waals surface area contributed by atoms with Gasteiger partial charge in [0.2, 0.25) is 0 Å². The number of nitrogens with zero attached hydrogens (tertiary/aromatic N) is 3. The minimum atomic E-state index is -0.495. The van der Waals surface area contributed by atoms with Crippen LogP contribution in [0.4, 0.5) is 0 Å². The van der Waals surface area contributed by atoms with E-state index in [1.807, 2.05) is 6.07 Å². The summed E-state index contributed by atoms with van der Waals surface area (Å²) in [6.07, 6.45) is 0. The summed E-state index contributed by atoms with van der Waals surface area (Å²) >= 11 is 5.85. The van der Waals surface area contributed by atoms with Crippen LogP contribution in [0.15, 0.2) is 58.1 Å². The Morgan fingerprint density at radius 2 is 1.70 bits per heavy atom. The van der Waals surface area contributed by atoms with Crippen molar-refractivity contribution in [3.63, 3.8) is 0 Å². The molecule has 0 atom stereocenters. The lowest BCUT2D eigenvalue weighted by Gasteiger charge is -2.12. The van der Waals surface area contributed by atoms with Crippen LogP contribution in [0, 0.1) is 11.3 Å². The van der Waals surface area contributed by atoms with Gasteiger partial charge in [-0.1, -0.05) is 35.9 Å². The van der Waals surface area contributed by atoms with E-state index < -0.39 is 5.69 Å². The molecule has 0 spiro atoms. The van der Waals surface area contributed by atoms with Crippen LogP contribution in [0.1, 0.15) is 5.56 Å². The molecule has 6 heteroatoms. The maximum Gasteiger partial charge on any atom is 0.332 e. The molecule has 0 unspecified atom stereocenters. The van der Waals surface area contributed by atoms with Gasteiger partial charge in [-0.15, -0.1) is 0 Å². The summed E-state index contributed by atoms with van der Waals surface area (Å²) < 4.78 is 2.45. The fraction of sp³-hybridized carbons (Fsp3) is 0.118. The molecule has 0 N–H and O–H groups in total. The molecule has 114 valence electrons. The van der Waals surface area contributed by atoms with Gasteiger partial charge in [0.25, 0.3) is 5.56 Å². The minimum absolute atomic E-state index is 0.111. The Morgan fingerprint density at radius 3 is 2.39 bits per heavy atom. The molecule has 0 amide bonds. The van der Waals surface area contributed by atoms with Crippen LogP contribution in [0.2, 0.25) is 5.02 Å². The van der Waals surface area contributed by atoms with E-state index in [2.05, 4.69) is 0 Å². The monoisotopic (exact) mass is 325 g/mol. The zero-order valence-corrected chi connectivity index (χ0v) is 12.8. The van der Waals surface area contributed by atoms with Gasteiger partial charge in [0, 0.05) is 5.02 Å². The summed E-state index contributed by atoms with van der Waals surface area (Å²) in [4.78, 5) is 25.2. The number of hydrogen-bond donors (Lipinski definition) is 0. The molecule has 0 aliphatic carbocycles. The molecule has 0 bridgehead atoms. The molecule has 0 radical (unpaired) electrons. The van der Waals surface area contributed by atoms with Crippen LogP contribution in [0.5, 0.6) is 0 Å². The van der Waals surface area contributed by atoms with Crippen LogP contribution >= 0.6 is 11.6 Å². The largest absolute Gasteiger partial charge is 0.332 e. The average molecular weight is 326 g/mol. The topological polar surface area (TPSA) is 67.8 Å². The highest BCUT2D eigenvalue weighted by atomic mass is 35.5. The van der Waals surface area contributed by atoms with E-state index in [0.717, 1.165) is 10.1 Å². The van der Waals surface area contributed by atoms with Crippen LogP contribution in [-0.4, -0.2) is 9.13 Å². The highest BCUT2D eigenvalue weighted by molar-refractivity contribution is 6.30. The van der Waals surface area contributed by atoms with E-state index >= 15 is 0 Å². The van der Waals surface area contributed by atoms with Gasteiger partial charge in [-0.25, -0.2) is 4.79 Å². The predicted molar refractivity (Wildman–Crippen MR) is 88.6 cm³/mol. The lowest BCUT2D eigenvalue weighted by Crippen LogP contribution is -2.40. The number of nitriles is 1. The number of rotatable bonds is 3. The molecule has 2 aromatic carbocycles. The van der Waals surface area contributed by atoms with Gasteiger partial charge < -0.3 is 0 Å². The van der Waals surface area contributed by atoms with E-state index in [-0.39, 0.29) is 18.6 Å². The molecule has 3 aromatic rings. The van der Waals surface area contributed by atoms with Gasteiger partial charge >= 0.3 is 5.69 Å². The number of benzene rings is 2. The smallest absolute Gasteiger partial charge is 0.279 e. The fourth-order valence-electron chi connectivity index (χ4n) is 2.51. The van der Waals surface area contributed by atoms with Gasteiger partial charge in [0.15, 0.2) is 0 Å².